The van der Waals surface area contributed by atoms with Gasteiger partial charge < -0.3 is 0 Å². The summed E-state index contributed by atoms with van der Waals surface area (Å²) in [5.74, 6) is 0. The van der Waals surface area contributed by atoms with Gasteiger partial charge in [0.25, 0.3) is 0 Å². The number of benzene rings is 1. The van der Waals surface area contributed by atoms with Crippen molar-refractivity contribution >= 4 is 34.3 Å². The van der Waals surface area contributed by atoms with Gasteiger partial charge in [0.1, 0.15) is 5.01 Å². The molecule has 1 aromatic carbocycles. The first kappa shape index (κ1) is 11.0. The van der Waals surface area contributed by atoms with Crippen LogP contribution in [0.15, 0.2) is 47.8 Å². The molecule has 0 aliphatic heterocycles. The maximum Gasteiger partial charge on any atom is 0.124 e. The van der Waals surface area contributed by atoms with Crippen molar-refractivity contribution < 1.29 is 0 Å². The van der Waals surface area contributed by atoms with Crippen molar-refractivity contribution in [3.05, 3.63) is 52.2 Å². The average Bonchev–Trinajstić information content (AvgIpc) is 2.98. The second-order valence-electron chi connectivity index (χ2n) is 3.51. The Balaban J connectivity index is 1.99. The maximum absolute atomic E-state index is 5.93. The molecule has 3 aromatic rings. The number of rotatable bonds is 2. The van der Waals surface area contributed by atoms with E-state index in [1.54, 1.807) is 22.7 Å². The zero-order chi connectivity index (χ0) is 11.7. The van der Waals surface area contributed by atoms with Crippen LogP contribution in [0.3, 0.4) is 0 Å². The Labute approximate surface area is 112 Å². The molecule has 0 N–H and O–H groups in total. The van der Waals surface area contributed by atoms with Gasteiger partial charge in [-0.15, -0.1) is 22.7 Å². The summed E-state index contributed by atoms with van der Waals surface area (Å²) in [6.07, 6.45) is 0. The van der Waals surface area contributed by atoms with Crippen molar-refractivity contribution in [3.8, 4) is 21.1 Å². The summed E-state index contributed by atoms with van der Waals surface area (Å²) >= 11 is 9.15. The second-order valence-corrected chi connectivity index (χ2v) is 6.08. The number of nitrogens with zero attached hydrogens (tertiary/aromatic N) is 1. The monoisotopic (exact) mass is 277 g/mol. The molecular weight excluding hydrogens is 270 g/mol. The topological polar surface area (TPSA) is 12.9 Å². The molecule has 2 heterocycles. The highest BCUT2D eigenvalue weighted by atomic mass is 35.5. The van der Waals surface area contributed by atoms with Crippen molar-refractivity contribution in [2.45, 2.75) is 0 Å². The third kappa shape index (κ3) is 2.27. The minimum absolute atomic E-state index is 0.800. The zero-order valence-electron chi connectivity index (χ0n) is 8.76. The fraction of sp³-hybridized carbons (Fsp3) is 0. The van der Waals surface area contributed by atoms with Crippen molar-refractivity contribution in [1.82, 2.24) is 4.98 Å². The predicted molar refractivity (Wildman–Crippen MR) is 75.9 cm³/mol. The predicted octanol–water partition coefficient (Wildman–Crippen LogP) is 5.19. The van der Waals surface area contributed by atoms with Crippen molar-refractivity contribution in [2.24, 2.45) is 0 Å². The standard InChI is InChI=1S/C13H8ClNS2/c14-12-7-6-11(17-12)10-8-16-13(15-10)9-4-2-1-3-5-9/h1-8H. The zero-order valence-corrected chi connectivity index (χ0v) is 11.1. The molecule has 0 aliphatic rings. The maximum atomic E-state index is 5.93. The molecule has 0 amide bonds. The molecule has 0 spiro atoms. The van der Waals surface area contributed by atoms with E-state index >= 15 is 0 Å². The molecule has 17 heavy (non-hydrogen) atoms. The molecule has 0 saturated heterocycles. The minimum Gasteiger partial charge on any atom is -0.235 e. The number of halogens is 1. The van der Waals surface area contributed by atoms with Crippen molar-refractivity contribution in [2.75, 3.05) is 0 Å². The Kier molecular flexibility index (Phi) is 2.97. The summed E-state index contributed by atoms with van der Waals surface area (Å²) < 4.78 is 0.800. The van der Waals surface area contributed by atoms with Crippen LogP contribution in [0.25, 0.3) is 21.1 Å². The van der Waals surface area contributed by atoms with Crippen LogP contribution in [0, 0.1) is 0 Å². The lowest BCUT2D eigenvalue weighted by atomic mass is 10.2. The average molecular weight is 278 g/mol. The van der Waals surface area contributed by atoms with E-state index in [9.17, 15) is 0 Å². The summed E-state index contributed by atoms with van der Waals surface area (Å²) in [6.45, 7) is 0. The van der Waals surface area contributed by atoms with E-state index in [2.05, 4.69) is 22.5 Å². The Morgan fingerprint density at radius 2 is 1.82 bits per heavy atom. The third-order valence-electron chi connectivity index (χ3n) is 2.35. The van der Waals surface area contributed by atoms with Gasteiger partial charge in [0.2, 0.25) is 0 Å². The lowest BCUT2D eigenvalue weighted by Gasteiger charge is -1.93. The molecule has 4 heteroatoms. The molecule has 1 nitrogen and oxygen atoms in total. The normalized spacial score (nSPS) is 10.6. The molecule has 0 radical (unpaired) electrons. The first-order valence-electron chi connectivity index (χ1n) is 5.09. The molecule has 0 saturated carbocycles. The molecule has 84 valence electrons. The van der Waals surface area contributed by atoms with E-state index in [0.29, 0.717) is 0 Å². The van der Waals surface area contributed by atoms with Gasteiger partial charge in [-0.25, -0.2) is 4.98 Å². The van der Waals surface area contributed by atoms with Gasteiger partial charge in [0, 0.05) is 10.9 Å². The molecule has 0 aliphatic carbocycles. The van der Waals surface area contributed by atoms with Crippen molar-refractivity contribution in [3.63, 3.8) is 0 Å². The quantitative estimate of drug-likeness (QED) is 0.628. The minimum atomic E-state index is 0.800. The van der Waals surface area contributed by atoms with Crippen LogP contribution in [-0.2, 0) is 0 Å². The summed E-state index contributed by atoms with van der Waals surface area (Å²) in [5, 5.41) is 3.12. The lowest BCUT2D eigenvalue weighted by molar-refractivity contribution is 1.42. The van der Waals surface area contributed by atoms with Gasteiger partial charge in [-0.2, -0.15) is 0 Å². The fourth-order valence-corrected chi connectivity index (χ4v) is 3.46. The van der Waals surface area contributed by atoms with E-state index < -0.39 is 0 Å². The smallest absolute Gasteiger partial charge is 0.124 e. The molecule has 0 fully saturated rings. The Hall–Kier alpha value is -1.16. The highest BCUT2D eigenvalue weighted by Crippen LogP contribution is 2.34. The fourth-order valence-electron chi connectivity index (χ4n) is 1.55. The molecule has 0 unspecified atom stereocenters. The lowest BCUT2D eigenvalue weighted by Crippen LogP contribution is -1.75. The van der Waals surface area contributed by atoms with Crippen LogP contribution < -0.4 is 0 Å². The second kappa shape index (κ2) is 4.61. The van der Waals surface area contributed by atoms with Crippen LogP contribution in [0.1, 0.15) is 0 Å². The summed E-state index contributed by atoms with van der Waals surface area (Å²) in [4.78, 5) is 5.75. The molecule has 0 bridgehead atoms. The molecule has 3 rings (SSSR count). The Bertz CT molecular complexity index is 628. The number of thiophene rings is 1. The van der Waals surface area contributed by atoms with Crippen LogP contribution in [0.2, 0.25) is 4.34 Å². The Morgan fingerprint density at radius 1 is 1.00 bits per heavy atom. The Morgan fingerprint density at radius 3 is 2.53 bits per heavy atom. The summed E-state index contributed by atoms with van der Waals surface area (Å²) in [7, 11) is 0. The van der Waals surface area contributed by atoms with Crippen LogP contribution in [0.4, 0.5) is 0 Å². The number of hydrogen-bond donors (Lipinski definition) is 0. The van der Waals surface area contributed by atoms with Crippen LogP contribution in [-0.4, -0.2) is 4.98 Å². The SMILES string of the molecule is Clc1ccc(-c2csc(-c3ccccc3)n2)s1. The first-order valence-corrected chi connectivity index (χ1v) is 7.17. The largest absolute Gasteiger partial charge is 0.235 e. The van der Waals surface area contributed by atoms with E-state index in [4.69, 9.17) is 11.6 Å². The van der Waals surface area contributed by atoms with E-state index in [-0.39, 0.29) is 0 Å². The van der Waals surface area contributed by atoms with Gasteiger partial charge in [0.05, 0.1) is 14.9 Å². The van der Waals surface area contributed by atoms with Crippen LogP contribution in [0.5, 0.6) is 0 Å². The summed E-state index contributed by atoms with van der Waals surface area (Å²) in [6, 6.07) is 14.1. The van der Waals surface area contributed by atoms with Gasteiger partial charge in [-0.05, 0) is 12.1 Å². The molecular formula is C13H8ClNS2. The van der Waals surface area contributed by atoms with E-state index in [1.807, 2.05) is 30.3 Å². The number of aromatic nitrogens is 1. The number of thiazole rings is 1. The van der Waals surface area contributed by atoms with Gasteiger partial charge in [-0.1, -0.05) is 41.9 Å². The van der Waals surface area contributed by atoms with E-state index in [0.717, 1.165) is 25.5 Å². The van der Waals surface area contributed by atoms with Gasteiger partial charge in [-0.3, -0.25) is 0 Å². The van der Waals surface area contributed by atoms with Gasteiger partial charge >= 0.3 is 0 Å². The highest BCUT2D eigenvalue weighted by Gasteiger charge is 2.07. The molecule has 0 atom stereocenters. The highest BCUT2D eigenvalue weighted by molar-refractivity contribution is 7.19. The molecule has 2 aromatic heterocycles. The van der Waals surface area contributed by atoms with E-state index in [1.165, 1.54) is 0 Å². The first-order chi connectivity index (χ1) is 8.33. The van der Waals surface area contributed by atoms with Crippen LogP contribution >= 0.6 is 34.3 Å². The van der Waals surface area contributed by atoms with Crippen molar-refractivity contribution in [1.29, 1.82) is 0 Å². The number of hydrogen-bond acceptors (Lipinski definition) is 3. The summed E-state index contributed by atoms with van der Waals surface area (Å²) in [5.41, 5.74) is 2.16. The van der Waals surface area contributed by atoms with Gasteiger partial charge in [0.15, 0.2) is 0 Å². The third-order valence-corrected chi connectivity index (χ3v) is 4.50.